The molecular formula is C23H28ClN3O3. The van der Waals surface area contributed by atoms with Crippen LogP contribution in [0.2, 0.25) is 5.02 Å². The molecule has 0 aliphatic carbocycles. The number of piperazine rings is 1. The molecule has 1 heterocycles. The Morgan fingerprint density at radius 3 is 2.50 bits per heavy atom. The lowest BCUT2D eigenvalue weighted by Gasteiger charge is -2.36. The van der Waals surface area contributed by atoms with Gasteiger partial charge < -0.3 is 19.6 Å². The minimum Gasteiger partial charge on any atom is -0.504 e. The van der Waals surface area contributed by atoms with Crippen LogP contribution >= 0.6 is 11.6 Å². The van der Waals surface area contributed by atoms with Gasteiger partial charge in [-0.25, -0.2) is 0 Å². The fourth-order valence-corrected chi connectivity index (χ4v) is 3.65. The average Bonchev–Trinajstić information content (AvgIpc) is 2.76. The van der Waals surface area contributed by atoms with Crippen molar-refractivity contribution < 1.29 is 14.6 Å². The molecule has 7 heteroatoms. The maximum absolute atomic E-state index is 12.0. The highest BCUT2D eigenvalue weighted by Gasteiger charge is 2.20. The molecule has 6 nitrogen and oxygen atoms in total. The summed E-state index contributed by atoms with van der Waals surface area (Å²) >= 11 is 6.11. The van der Waals surface area contributed by atoms with E-state index in [0.717, 1.165) is 44.0 Å². The molecule has 30 heavy (non-hydrogen) atoms. The molecule has 0 atom stereocenters. The number of hydrogen-bond acceptors (Lipinski definition) is 5. The number of rotatable bonds is 7. The standard InChI is InChI=1S/C23H28ClN3O3/c1-3-5-22(28)27-12-10-26(11-13-27)20-8-6-19(7-9-20)25-16-17-14-18(24)15-21(23(17)29)30-4-2/h6-9,14-16,29H,3-5,10-13H2,1-2H3. The minimum absolute atomic E-state index is 0.0251. The first-order valence-electron chi connectivity index (χ1n) is 10.3. The summed E-state index contributed by atoms with van der Waals surface area (Å²) in [6.07, 6.45) is 3.10. The van der Waals surface area contributed by atoms with Crippen molar-refractivity contribution in [3.63, 3.8) is 0 Å². The van der Waals surface area contributed by atoms with E-state index in [1.54, 1.807) is 18.3 Å². The van der Waals surface area contributed by atoms with Crippen molar-refractivity contribution in [1.29, 1.82) is 0 Å². The number of halogens is 1. The van der Waals surface area contributed by atoms with Crippen molar-refractivity contribution in [2.24, 2.45) is 4.99 Å². The predicted octanol–water partition coefficient (Wildman–Crippen LogP) is 4.64. The summed E-state index contributed by atoms with van der Waals surface area (Å²) in [6.45, 7) is 7.49. The highest BCUT2D eigenvalue weighted by Crippen LogP contribution is 2.33. The van der Waals surface area contributed by atoms with Crippen LogP contribution in [0.25, 0.3) is 0 Å². The number of nitrogens with zero attached hydrogens (tertiary/aromatic N) is 3. The van der Waals surface area contributed by atoms with Crippen LogP contribution in [0, 0.1) is 0 Å². The van der Waals surface area contributed by atoms with Gasteiger partial charge in [0.1, 0.15) is 0 Å². The first kappa shape index (κ1) is 22.0. The van der Waals surface area contributed by atoms with E-state index in [9.17, 15) is 9.90 Å². The Balaban J connectivity index is 1.64. The van der Waals surface area contributed by atoms with Crippen LogP contribution in [-0.2, 0) is 4.79 Å². The largest absolute Gasteiger partial charge is 0.504 e. The van der Waals surface area contributed by atoms with Gasteiger partial charge in [-0.2, -0.15) is 0 Å². The van der Waals surface area contributed by atoms with Crippen molar-refractivity contribution in [1.82, 2.24) is 4.90 Å². The van der Waals surface area contributed by atoms with Crippen molar-refractivity contribution in [3.8, 4) is 11.5 Å². The van der Waals surface area contributed by atoms with Gasteiger partial charge >= 0.3 is 0 Å². The summed E-state index contributed by atoms with van der Waals surface area (Å²) in [5, 5.41) is 10.8. The van der Waals surface area contributed by atoms with Gasteiger partial charge in [0.25, 0.3) is 0 Å². The van der Waals surface area contributed by atoms with Gasteiger partial charge in [-0.15, -0.1) is 0 Å². The van der Waals surface area contributed by atoms with E-state index in [1.807, 2.05) is 43.0 Å². The Kier molecular flexibility index (Phi) is 7.57. The molecule has 0 radical (unpaired) electrons. The van der Waals surface area contributed by atoms with Gasteiger partial charge in [-0.1, -0.05) is 18.5 Å². The maximum Gasteiger partial charge on any atom is 0.222 e. The number of phenolic OH excluding ortho intramolecular Hbond substituents is 1. The minimum atomic E-state index is 0.0251. The molecule has 2 aromatic carbocycles. The average molecular weight is 430 g/mol. The highest BCUT2D eigenvalue weighted by molar-refractivity contribution is 6.31. The number of ether oxygens (including phenoxy) is 1. The number of carbonyl (C=O) groups is 1. The SMILES string of the molecule is CCCC(=O)N1CCN(c2ccc(N=Cc3cc(Cl)cc(OCC)c3O)cc2)CC1. The molecule has 160 valence electrons. The fourth-order valence-electron chi connectivity index (χ4n) is 3.44. The summed E-state index contributed by atoms with van der Waals surface area (Å²) in [6, 6.07) is 11.2. The van der Waals surface area contributed by atoms with E-state index in [4.69, 9.17) is 16.3 Å². The topological polar surface area (TPSA) is 65.4 Å². The van der Waals surface area contributed by atoms with E-state index in [2.05, 4.69) is 9.89 Å². The van der Waals surface area contributed by atoms with Gasteiger partial charge in [-0.05, 0) is 43.7 Å². The molecule has 1 N–H and O–H groups in total. The lowest BCUT2D eigenvalue weighted by Crippen LogP contribution is -2.48. The summed E-state index contributed by atoms with van der Waals surface area (Å²) in [7, 11) is 0. The Morgan fingerprint density at radius 2 is 1.87 bits per heavy atom. The molecule has 1 fully saturated rings. The number of aromatic hydroxyl groups is 1. The fraction of sp³-hybridized carbons (Fsp3) is 0.391. The van der Waals surface area contributed by atoms with Gasteiger partial charge in [0.2, 0.25) is 5.91 Å². The number of phenols is 1. The van der Waals surface area contributed by atoms with Crippen LogP contribution < -0.4 is 9.64 Å². The van der Waals surface area contributed by atoms with E-state index in [0.29, 0.717) is 29.4 Å². The van der Waals surface area contributed by atoms with Crippen LogP contribution in [0.1, 0.15) is 32.3 Å². The maximum atomic E-state index is 12.0. The molecule has 3 rings (SSSR count). The summed E-state index contributed by atoms with van der Waals surface area (Å²) in [5.74, 6) is 0.620. The van der Waals surface area contributed by atoms with Crippen LogP contribution in [0.5, 0.6) is 11.5 Å². The first-order chi connectivity index (χ1) is 14.5. The van der Waals surface area contributed by atoms with E-state index >= 15 is 0 Å². The zero-order valence-electron chi connectivity index (χ0n) is 17.5. The van der Waals surface area contributed by atoms with Crippen LogP contribution in [0.3, 0.4) is 0 Å². The third-order valence-corrected chi connectivity index (χ3v) is 5.25. The molecule has 0 bridgehead atoms. The van der Waals surface area contributed by atoms with Crippen LogP contribution in [0.15, 0.2) is 41.4 Å². The second-order valence-electron chi connectivity index (χ2n) is 7.17. The molecular weight excluding hydrogens is 402 g/mol. The lowest BCUT2D eigenvalue weighted by molar-refractivity contribution is -0.131. The first-order valence-corrected chi connectivity index (χ1v) is 10.7. The van der Waals surface area contributed by atoms with Crippen molar-refractivity contribution in [2.75, 3.05) is 37.7 Å². The zero-order chi connectivity index (χ0) is 21.5. The number of aliphatic imine (C=N–C) groups is 1. The second-order valence-corrected chi connectivity index (χ2v) is 7.60. The van der Waals surface area contributed by atoms with Crippen LogP contribution in [-0.4, -0.2) is 54.9 Å². The molecule has 1 aliphatic heterocycles. The Labute approximate surface area is 182 Å². The van der Waals surface area contributed by atoms with Crippen molar-refractivity contribution in [3.05, 3.63) is 47.0 Å². The van der Waals surface area contributed by atoms with Gasteiger partial charge in [0, 0.05) is 61.2 Å². The Hall–Kier alpha value is -2.73. The molecule has 1 amide bonds. The smallest absolute Gasteiger partial charge is 0.222 e. The third-order valence-electron chi connectivity index (χ3n) is 5.03. The number of benzene rings is 2. The lowest BCUT2D eigenvalue weighted by atomic mass is 10.2. The second kappa shape index (κ2) is 10.3. The summed E-state index contributed by atoms with van der Waals surface area (Å²) < 4.78 is 5.40. The molecule has 1 saturated heterocycles. The van der Waals surface area contributed by atoms with E-state index < -0.39 is 0 Å². The highest BCUT2D eigenvalue weighted by atomic mass is 35.5. The summed E-state index contributed by atoms with van der Waals surface area (Å²) in [4.78, 5) is 20.7. The predicted molar refractivity (Wildman–Crippen MR) is 122 cm³/mol. The number of amides is 1. The quantitative estimate of drug-likeness (QED) is 0.651. The van der Waals surface area contributed by atoms with E-state index in [-0.39, 0.29) is 11.7 Å². The normalized spacial score (nSPS) is 14.4. The van der Waals surface area contributed by atoms with Crippen LogP contribution in [0.4, 0.5) is 11.4 Å². The molecule has 0 aromatic heterocycles. The number of anilines is 1. The van der Waals surface area contributed by atoms with Crippen molar-refractivity contribution in [2.45, 2.75) is 26.7 Å². The zero-order valence-corrected chi connectivity index (χ0v) is 18.2. The van der Waals surface area contributed by atoms with Gasteiger partial charge in [0.05, 0.1) is 12.3 Å². The molecule has 2 aromatic rings. The molecule has 0 spiro atoms. The Bertz CT molecular complexity index is 891. The number of carbonyl (C=O) groups excluding carboxylic acids is 1. The monoisotopic (exact) mass is 429 g/mol. The van der Waals surface area contributed by atoms with Gasteiger partial charge in [0.15, 0.2) is 11.5 Å². The number of hydrogen-bond donors (Lipinski definition) is 1. The van der Waals surface area contributed by atoms with Gasteiger partial charge in [-0.3, -0.25) is 9.79 Å². The summed E-state index contributed by atoms with van der Waals surface area (Å²) in [5.41, 5.74) is 2.39. The van der Waals surface area contributed by atoms with Crippen molar-refractivity contribution >= 4 is 35.1 Å². The van der Waals surface area contributed by atoms with E-state index in [1.165, 1.54) is 0 Å². The Morgan fingerprint density at radius 1 is 1.17 bits per heavy atom. The third kappa shape index (κ3) is 5.45. The molecule has 1 aliphatic rings. The molecule has 0 saturated carbocycles. The molecule has 0 unspecified atom stereocenters.